The van der Waals surface area contributed by atoms with E-state index in [4.69, 9.17) is 16.0 Å². The standard InChI is InChI=1S/C12H12ClNO2/c1-8(13)6-14-12(15)10-7-16-11-5-3-2-4-9(10)11/h2-5,7-8H,6H2,1H3,(H,14,15). The second-order valence-electron chi connectivity index (χ2n) is 3.64. The van der Waals surface area contributed by atoms with Crippen LogP contribution in [0.5, 0.6) is 0 Å². The molecule has 1 aromatic carbocycles. The first kappa shape index (κ1) is 11.0. The highest BCUT2D eigenvalue weighted by Crippen LogP contribution is 2.20. The number of furan rings is 1. The van der Waals surface area contributed by atoms with E-state index < -0.39 is 0 Å². The molecule has 0 saturated carbocycles. The van der Waals surface area contributed by atoms with Crippen LogP contribution in [0.3, 0.4) is 0 Å². The molecular weight excluding hydrogens is 226 g/mol. The minimum atomic E-state index is -0.155. The van der Waals surface area contributed by atoms with Gasteiger partial charge in [-0.1, -0.05) is 18.2 Å². The first-order valence-corrected chi connectivity index (χ1v) is 5.50. The SMILES string of the molecule is CC(Cl)CNC(=O)c1coc2ccccc12. The highest BCUT2D eigenvalue weighted by Gasteiger charge is 2.13. The van der Waals surface area contributed by atoms with E-state index in [1.807, 2.05) is 31.2 Å². The fraction of sp³-hybridized carbons (Fsp3) is 0.250. The molecule has 84 valence electrons. The van der Waals surface area contributed by atoms with Crippen LogP contribution in [0, 0.1) is 0 Å². The maximum absolute atomic E-state index is 11.8. The van der Waals surface area contributed by atoms with Crippen LogP contribution in [0.25, 0.3) is 11.0 Å². The second-order valence-corrected chi connectivity index (χ2v) is 4.38. The molecule has 0 radical (unpaired) electrons. The second kappa shape index (κ2) is 4.58. The molecule has 0 aliphatic heterocycles. The van der Waals surface area contributed by atoms with Crippen molar-refractivity contribution >= 4 is 28.5 Å². The molecule has 4 heteroatoms. The molecule has 1 amide bonds. The van der Waals surface area contributed by atoms with Gasteiger partial charge in [0.25, 0.3) is 5.91 Å². The predicted octanol–water partition coefficient (Wildman–Crippen LogP) is 2.79. The number of hydrogen-bond donors (Lipinski definition) is 1. The van der Waals surface area contributed by atoms with Gasteiger partial charge in [-0.2, -0.15) is 0 Å². The number of hydrogen-bond acceptors (Lipinski definition) is 2. The summed E-state index contributed by atoms with van der Waals surface area (Å²) in [6.07, 6.45) is 1.47. The summed E-state index contributed by atoms with van der Waals surface area (Å²) in [4.78, 5) is 11.8. The fourth-order valence-corrected chi connectivity index (χ4v) is 1.56. The maximum Gasteiger partial charge on any atom is 0.255 e. The Morgan fingerprint density at radius 2 is 2.25 bits per heavy atom. The zero-order chi connectivity index (χ0) is 11.5. The normalized spacial score (nSPS) is 12.6. The summed E-state index contributed by atoms with van der Waals surface area (Å²) < 4.78 is 5.28. The van der Waals surface area contributed by atoms with Crippen molar-refractivity contribution in [1.29, 1.82) is 0 Å². The Labute approximate surface area is 98.4 Å². The van der Waals surface area contributed by atoms with Gasteiger partial charge in [-0.3, -0.25) is 4.79 Å². The smallest absolute Gasteiger partial charge is 0.255 e. The number of benzene rings is 1. The van der Waals surface area contributed by atoms with Crippen molar-refractivity contribution in [3.8, 4) is 0 Å². The third-order valence-electron chi connectivity index (χ3n) is 2.27. The van der Waals surface area contributed by atoms with Crippen LogP contribution < -0.4 is 5.32 Å². The van der Waals surface area contributed by atoms with E-state index in [2.05, 4.69) is 5.32 Å². The maximum atomic E-state index is 11.8. The Bertz CT molecular complexity index is 504. The first-order chi connectivity index (χ1) is 7.68. The third kappa shape index (κ3) is 2.19. The summed E-state index contributed by atoms with van der Waals surface area (Å²) in [5.74, 6) is -0.155. The van der Waals surface area contributed by atoms with Crippen molar-refractivity contribution in [3.05, 3.63) is 36.1 Å². The van der Waals surface area contributed by atoms with Gasteiger partial charge >= 0.3 is 0 Å². The number of nitrogens with one attached hydrogen (secondary N) is 1. The number of para-hydroxylation sites is 1. The van der Waals surface area contributed by atoms with Crippen LogP contribution in [0.1, 0.15) is 17.3 Å². The Hall–Kier alpha value is -1.48. The van der Waals surface area contributed by atoms with Gasteiger partial charge in [0.05, 0.1) is 5.56 Å². The van der Waals surface area contributed by atoms with Gasteiger partial charge in [0.2, 0.25) is 0 Å². The lowest BCUT2D eigenvalue weighted by molar-refractivity contribution is 0.0954. The van der Waals surface area contributed by atoms with Gasteiger partial charge in [0.1, 0.15) is 11.8 Å². The van der Waals surface area contributed by atoms with Crippen molar-refractivity contribution in [2.75, 3.05) is 6.54 Å². The number of carbonyl (C=O) groups excluding carboxylic acids is 1. The molecule has 0 spiro atoms. The number of rotatable bonds is 3. The summed E-state index contributed by atoms with van der Waals surface area (Å²) in [5, 5.41) is 3.49. The van der Waals surface area contributed by atoms with Crippen LogP contribution in [0.2, 0.25) is 0 Å². The topological polar surface area (TPSA) is 42.2 Å². The van der Waals surface area contributed by atoms with Crippen LogP contribution in [-0.2, 0) is 0 Å². The average Bonchev–Trinajstić information content (AvgIpc) is 2.69. The van der Waals surface area contributed by atoms with E-state index in [0.29, 0.717) is 17.7 Å². The van der Waals surface area contributed by atoms with Gasteiger partial charge in [-0.25, -0.2) is 0 Å². The van der Waals surface area contributed by atoms with Crippen molar-refractivity contribution < 1.29 is 9.21 Å². The molecule has 3 nitrogen and oxygen atoms in total. The Morgan fingerprint density at radius 1 is 1.50 bits per heavy atom. The number of carbonyl (C=O) groups is 1. The van der Waals surface area contributed by atoms with E-state index in [1.54, 1.807) is 0 Å². The van der Waals surface area contributed by atoms with E-state index in [1.165, 1.54) is 6.26 Å². The van der Waals surface area contributed by atoms with Gasteiger partial charge in [-0.15, -0.1) is 11.6 Å². The Morgan fingerprint density at radius 3 is 3.00 bits per heavy atom. The van der Waals surface area contributed by atoms with Crippen molar-refractivity contribution in [2.45, 2.75) is 12.3 Å². The molecule has 1 atom stereocenters. The van der Waals surface area contributed by atoms with Crippen molar-refractivity contribution in [3.63, 3.8) is 0 Å². The summed E-state index contributed by atoms with van der Waals surface area (Å²) >= 11 is 5.76. The minimum Gasteiger partial charge on any atom is -0.463 e. The molecule has 1 heterocycles. The summed E-state index contributed by atoms with van der Waals surface area (Å²) in [6.45, 7) is 2.27. The monoisotopic (exact) mass is 237 g/mol. The molecule has 16 heavy (non-hydrogen) atoms. The fourth-order valence-electron chi connectivity index (χ4n) is 1.48. The summed E-state index contributed by atoms with van der Waals surface area (Å²) in [7, 11) is 0. The summed E-state index contributed by atoms with van der Waals surface area (Å²) in [5.41, 5.74) is 1.26. The Kier molecular flexibility index (Phi) is 3.15. The molecule has 1 aromatic heterocycles. The van der Waals surface area contributed by atoms with Crippen LogP contribution in [0.15, 0.2) is 34.9 Å². The minimum absolute atomic E-state index is 0.0814. The molecule has 1 N–H and O–H groups in total. The molecule has 2 aromatic rings. The van der Waals surface area contributed by atoms with Crippen LogP contribution in [0.4, 0.5) is 0 Å². The summed E-state index contributed by atoms with van der Waals surface area (Å²) in [6, 6.07) is 7.43. The lowest BCUT2D eigenvalue weighted by Gasteiger charge is -2.04. The molecule has 2 rings (SSSR count). The zero-order valence-corrected chi connectivity index (χ0v) is 9.62. The van der Waals surface area contributed by atoms with Gasteiger partial charge in [0.15, 0.2) is 0 Å². The van der Waals surface area contributed by atoms with E-state index in [-0.39, 0.29) is 11.3 Å². The number of halogens is 1. The van der Waals surface area contributed by atoms with Crippen LogP contribution in [-0.4, -0.2) is 17.8 Å². The molecule has 0 fully saturated rings. The first-order valence-electron chi connectivity index (χ1n) is 5.07. The van der Waals surface area contributed by atoms with Gasteiger partial charge in [-0.05, 0) is 13.0 Å². The predicted molar refractivity (Wildman–Crippen MR) is 63.9 cm³/mol. The van der Waals surface area contributed by atoms with Crippen molar-refractivity contribution in [1.82, 2.24) is 5.32 Å². The number of amides is 1. The number of fused-ring (bicyclic) bond motifs is 1. The van der Waals surface area contributed by atoms with Gasteiger partial charge < -0.3 is 9.73 Å². The van der Waals surface area contributed by atoms with Gasteiger partial charge in [0, 0.05) is 17.3 Å². The third-order valence-corrected chi connectivity index (χ3v) is 2.42. The molecular formula is C12H12ClNO2. The van der Waals surface area contributed by atoms with Crippen molar-refractivity contribution in [2.24, 2.45) is 0 Å². The zero-order valence-electron chi connectivity index (χ0n) is 8.87. The highest BCUT2D eigenvalue weighted by atomic mass is 35.5. The Balaban J connectivity index is 2.23. The quantitative estimate of drug-likeness (QED) is 0.835. The molecule has 1 unspecified atom stereocenters. The molecule has 0 saturated heterocycles. The van der Waals surface area contributed by atoms with Crippen LogP contribution >= 0.6 is 11.6 Å². The van der Waals surface area contributed by atoms with E-state index in [0.717, 1.165) is 5.39 Å². The average molecular weight is 238 g/mol. The molecule has 0 bridgehead atoms. The molecule has 0 aliphatic carbocycles. The largest absolute Gasteiger partial charge is 0.463 e. The van der Waals surface area contributed by atoms with E-state index >= 15 is 0 Å². The molecule has 0 aliphatic rings. The lowest BCUT2D eigenvalue weighted by atomic mass is 10.1. The van der Waals surface area contributed by atoms with E-state index in [9.17, 15) is 4.79 Å². The lowest BCUT2D eigenvalue weighted by Crippen LogP contribution is -2.28. The highest BCUT2D eigenvalue weighted by molar-refractivity contribution is 6.20. The number of alkyl halides is 1.